The number of hydrogen-bond acceptors (Lipinski definition) is 6. The molecule has 0 spiro atoms. The molecule has 10 nitrogen and oxygen atoms in total. The molecule has 3 amide bonds. The van der Waals surface area contributed by atoms with Gasteiger partial charge in [-0.15, -0.1) is 0 Å². The fourth-order valence-corrected chi connectivity index (χ4v) is 3.09. The minimum atomic E-state index is -1.19. The molecule has 5 atom stereocenters. The van der Waals surface area contributed by atoms with Crippen LogP contribution < -0.4 is 21.7 Å². The summed E-state index contributed by atoms with van der Waals surface area (Å²) in [5, 5.41) is 26.7. The molecule has 1 aromatic carbocycles. The third-order valence-electron chi connectivity index (χ3n) is 5.45. The van der Waals surface area contributed by atoms with Crippen molar-refractivity contribution >= 4 is 23.7 Å². The molecule has 0 heterocycles. The smallest absolute Gasteiger partial charge is 0.326 e. The number of phenolic OH excluding ortho intramolecular Hbond substituents is 1. The highest BCUT2D eigenvalue weighted by molar-refractivity contribution is 5.94. The lowest BCUT2D eigenvalue weighted by atomic mass is 9.96. The number of carboxylic acid groups (broad SMARTS) is 1. The van der Waals surface area contributed by atoms with Crippen LogP contribution in [-0.2, 0) is 25.6 Å². The van der Waals surface area contributed by atoms with Gasteiger partial charge < -0.3 is 31.9 Å². The van der Waals surface area contributed by atoms with E-state index in [1.54, 1.807) is 32.9 Å². The molecular weight excluding hydrogens is 428 g/mol. The maximum atomic E-state index is 13.1. The molecule has 0 saturated carbocycles. The Morgan fingerprint density at radius 1 is 0.879 bits per heavy atom. The molecule has 1 aromatic rings. The van der Waals surface area contributed by atoms with Crippen molar-refractivity contribution in [1.82, 2.24) is 16.0 Å². The summed E-state index contributed by atoms with van der Waals surface area (Å²) in [7, 11) is 0. The first-order valence-electron chi connectivity index (χ1n) is 11.0. The van der Waals surface area contributed by atoms with Gasteiger partial charge in [0, 0.05) is 6.42 Å². The van der Waals surface area contributed by atoms with Crippen LogP contribution in [0.1, 0.15) is 46.6 Å². The van der Waals surface area contributed by atoms with Crippen molar-refractivity contribution < 1.29 is 29.4 Å². The van der Waals surface area contributed by atoms with Crippen LogP contribution in [0.4, 0.5) is 0 Å². The van der Waals surface area contributed by atoms with E-state index in [1.807, 2.05) is 6.92 Å². The number of carbonyl (C=O) groups excluding carboxylic acids is 3. The zero-order valence-electron chi connectivity index (χ0n) is 19.8. The van der Waals surface area contributed by atoms with E-state index in [9.17, 15) is 29.4 Å². The molecule has 0 saturated heterocycles. The Bertz CT molecular complexity index is 825. The number of rotatable bonds is 12. The molecule has 0 radical (unpaired) electrons. The van der Waals surface area contributed by atoms with Gasteiger partial charge in [-0.05, 0) is 36.5 Å². The van der Waals surface area contributed by atoms with Crippen LogP contribution in [0.2, 0.25) is 0 Å². The Morgan fingerprint density at radius 2 is 1.42 bits per heavy atom. The van der Waals surface area contributed by atoms with Gasteiger partial charge in [0.25, 0.3) is 0 Å². The zero-order valence-corrected chi connectivity index (χ0v) is 19.8. The maximum absolute atomic E-state index is 13.1. The van der Waals surface area contributed by atoms with Gasteiger partial charge in [-0.2, -0.15) is 0 Å². The van der Waals surface area contributed by atoms with Crippen molar-refractivity contribution in [3.8, 4) is 5.75 Å². The number of nitrogens with one attached hydrogen (secondary N) is 3. The van der Waals surface area contributed by atoms with E-state index in [0.717, 1.165) is 0 Å². The van der Waals surface area contributed by atoms with E-state index in [0.29, 0.717) is 12.0 Å². The molecule has 0 bridgehead atoms. The van der Waals surface area contributed by atoms with E-state index in [2.05, 4.69) is 16.0 Å². The number of carbonyl (C=O) groups is 4. The van der Waals surface area contributed by atoms with Crippen LogP contribution >= 0.6 is 0 Å². The van der Waals surface area contributed by atoms with Crippen LogP contribution in [0.15, 0.2) is 24.3 Å². The van der Waals surface area contributed by atoms with Crippen LogP contribution in [0.5, 0.6) is 5.75 Å². The Labute approximate surface area is 194 Å². The lowest BCUT2D eigenvalue weighted by Crippen LogP contribution is -2.59. The van der Waals surface area contributed by atoms with Crippen LogP contribution in [-0.4, -0.2) is 58.1 Å². The Morgan fingerprint density at radius 3 is 1.88 bits per heavy atom. The summed E-state index contributed by atoms with van der Waals surface area (Å²) >= 11 is 0. The van der Waals surface area contributed by atoms with E-state index in [4.69, 9.17) is 5.73 Å². The average molecular weight is 465 g/mol. The fraction of sp³-hybridized carbons (Fsp3) is 0.565. The van der Waals surface area contributed by atoms with E-state index < -0.39 is 47.9 Å². The monoisotopic (exact) mass is 464 g/mol. The van der Waals surface area contributed by atoms with Gasteiger partial charge in [0.2, 0.25) is 17.7 Å². The van der Waals surface area contributed by atoms with E-state index in [-0.39, 0.29) is 24.0 Å². The number of carboxylic acids is 1. The number of nitrogens with two attached hydrogens (primary N) is 1. The highest BCUT2D eigenvalue weighted by atomic mass is 16.4. The minimum Gasteiger partial charge on any atom is -0.508 e. The topological polar surface area (TPSA) is 171 Å². The maximum Gasteiger partial charge on any atom is 0.326 e. The second-order valence-electron chi connectivity index (χ2n) is 8.66. The number of phenols is 1. The summed E-state index contributed by atoms with van der Waals surface area (Å²) in [4.78, 5) is 49.8. The van der Waals surface area contributed by atoms with Crippen molar-refractivity contribution in [3.63, 3.8) is 0 Å². The minimum absolute atomic E-state index is 0.0463. The van der Waals surface area contributed by atoms with Gasteiger partial charge in [-0.1, -0.05) is 46.2 Å². The summed E-state index contributed by atoms with van der Waals surface area (Å²) in [5.74, 6) is -3.50. The van der Waals surface area contributed by atoms with Crippen LogP contribution in [0.3, 0.4) is 0 Å². The van der Waals surface area contributed by atoms with Gasteiger partial charge in [-0.25, -0.2) is 4.79 Å². The average Bonchev–Trinajstić information content (AvgIpc) is 2.75. The summed E-state index contributed by atoms with van der Waals surface area (Å²) in [6.07, 6.45) is 0.636. The molecule has 1 rings (SSSR count). The molecule has 0 fully saturated rings. The van der Waals surface area contributed by atoms with Gasteiger partial charge in [0.15, 0.2) is 0 Å². The van der Waals surface area contributed by atoms with Crippen molar-refractivity contribution in [1.29, 1.82) is 0 Å². The predicted molar refractivity (Wildman–Crippen MR) is 123 cm³/mol. The lowest BCUT2D eigenvalue weighted by Gasteiger charge is -2.28. The van der Waals surface area contributed by atoms with Crippen molar-refractivity contribution in [3.05, 3.63) is 29.8 Å². The van der Waals surface area contributed by atoms with Crippen molar-refractivity contribution in [2.24, 2.45) is 17.6 Å². The highest BCUT2D eigenvalue weighted by Gasteiger charge is 2.32. The Hall–Kier alpha value is -3.14. The Balaban J connectivity index is 3.17. The van der Waals surface area contributed by atoms with Gasteiger partial charge >= 0.3 is 5.97 Å². The first-order valence-corrected chi connectivity index (χ1v) is 11.0. The molecule has 0 aliphatic heterocycles. The molecule has 10 heteroatoms. The number of amides is 3. The molecule has 0 aliphatic carbocycles. The second-order valence-corrected chi connectivity index (χ2v) is 8.66. The SMILES string of the molecule is CCC(C)C(NC(=O)C(C)N)C(=O)NC(Cc1ccc(O)cc1)C(=O)NC(C(=O)O)C(C)C. The first kappa shape index (κ1) is 27.9. The molecule has 33 heavy (non-hydrogen) atoms. The summed E-state index contributed by atoms with van der Waals surface area (Å²) in [6.45, 7) is 8.48. The van der Waals surface area contributed by atoms with Crippen LogP contribution in [0.25, 0.3) is 0 Å². The number of aromatic hydroxyl groups is 1. The largest absolute Gasteiger partial charge is 0.508 e. The second kappa shape index (κ2) is 12.8. The van der Waals surface area contributed by atoms with Crippen molar-refractivity contribution in [2.75, 3.05) is 0 Å². The Kier molecular flexibility index (Phi) is 10.8. The third kappa shape index (κ3) is 8.72. The van der Waals surface area contributed by atoms with Crippen molar-refractivity contribution in [2.45, 2.75) is 71.6 Å². The summed E-state index contributed by atoms with van der Waals surface area (Å²) in [6, 6.07) is 2.11. The zero-order chi connectivity index (χ0) is 25.3. The molecule has 0 aliphatic rings. The van der Waals surface area contributed by atoms with E-state index >= 15 is 0 Å². The van der Waals surface area contributed by atoms with Gasteiger partial charge in [0.1, 0.15) is 23.9 Å². The van der Waals surface area contributed by atoms with Gasteiger partial charge in [-0.3, -0.25) is 14.4 Å². The normalized spacial score (nSPS) is 15.6. The van der Waals surface area contributed by atoms with Crippen LogP contribution in [0, 0.1) is 11.8 Å². The molecule has 5 unspecified atom stereocenters. The predicted octanol–water partition coefficient (Wildman–Crippen LogP) is 0.523. The summed E-state index contributed by atoms with van der Waals surface area (Å²) < 4.78 is 0. The molecule has 184 valence electrons. The molecular formula is C23H36N4O6. The first-order chi connectivity index (χ1) is 15.4. The lowest BCUT2D eigenvalue weighted by molar-refractivity contribution is -0.143. The fourth-order valence-electron chi connectivity index (χ4n) is 3.09. The number of hydrogen-bond donors (Lipinski definition) is 6. The molecule has 0 aromatic heterocycles. The molecule has 7 N–H and O–H groups in total. The van der Waals surface area contributed by atoms with Gasteiger partial charge in [0.05, 0.1) is 6.04 Å². The summed E-state index contributed by atoms with van der Waals surface area (Å²) in [5.41, 5.74) is 6.26. The van der Waals surface area contributed by atoms with E-state index in [1.165, 1.54) is 19.1 Å². The number of benzene rings is 1. The third-order valence-corrected chi connectivity index (χ3v) is 5.45. The quantitative estimate of drug-likeness (QED) is 0.262. The number of aliphatic carboxylic acids is 1. The standard InChI is InChI=1S/C23H36N4O6/c1-6-13(4)19(27-20(29)14(5)24)22(31)25-17(11-15-7-9-16(28)10-8-15)21(30)26-18(12(2)3)23(32)33/h7-10,12-14,17-19,28H,6,11,24H2,1-5H3,(H,25,31)(H,26,30)(H,27,29)(H,32,33). The highest BCUT2D eigenvalue weighted by Crippen LogP contribution is 2.14.